The van der Waals surface area contributed by atoms with Crippen LogP contribution in [0.15, 0.2) is 53.5 Å². The van der Waals surface area contributed by atoms with Crippen molar-refractivity contribution in [3.05, 3.63) is 66.2 Å². The number of hydrogen-bond acceptors (Lipinski definition) is 7. The highest BCUT2D eigenvalue weighted by Gasteiger charge is 2.33. The van der Waals surface area contributed by atoms with E-state index >= 15 is 0 Å². The van der Waals surface area contributed by atoms with E-state index in [-0.39, 0.29) is 11.9 Å². The van der Waals surface area contributed by atoms with E-state index in [1.807, 2.05) is 37.3 Å². The van der Waals surface area contributed by atoms with Crippen LogP contribution in [0.2, 0.25) is 0 Å². The molecule has 8 heteroatoms. The fourth-order valence-corrected chi connectivity index (χ4v) is 3.94. The number of pyridine rings is 1. The molecule has 4 heterocycles. The van der Waals surface area contributed by atoms with E-state index < -0.39 is 0 Å². The molecule has 1 aliphatic heterocycles. The van der Waals surface area contributed by atoms with E-state index in [2.05, 4.69) is 25.1 Å². The Kier molecular flexibility index (Phi) is 4.66. The number of rotatable bonds is 3. The lowest BCUT2D eigenvalue weighted by Gasteiger charge is -2.33. The van der Waals surface area contributed by atoms with Crippen LogP contribution in [0.25, 0.3) is 22.4 Å². The normalized spacial score (nSPS) is 16.7. The smallest absolute Gasteiger partial charge is 0.267 e. The van der Waals surface area contributed by atoms with E-state index in [1.165, 1.54) is 6.33 Å². The maximum atomic E-state index is 13.2. The quantitative estimate of drug-likeness (QED) is 0.516. The van der Waals surface area contributed by atoms with Gasteiger partial charge in [0, 0.05) is 24.3 Å². The van der Waals surface area contributed by atoms with Gasteiger partial charge in [-0.3, -0.25) is 9.78 Å². The molecule has 4 aromatic rings. The molecule has 0 saturated carbocycles. The molecule has 1 saturated heterocycles. The first-order valence-electron chi connectivity index (χ1n) is 9.97. The van der Waals surface area contributed by atoms with Gasteiger partial charge in [0.1, 0.15) is 18.1 Å². The Labute approximate surface area is 173 Å². The van der Waals surface area contributed by atoms with E-state index in [1.54, 1.807) is 17.3 Å². The van der Waals surface area contributed by atoms with Crippen LogP contribution in [-0.4, -0.2) is 42.5 Å². The summed E-state index contributed by atoms with van der Waals surface area (Å²) in [6.07, 6.45) is 7.43. The van der Waals surface area contributed by atoms with Crippen molar-refractivity contribution < 1.29 is 9.21 Å². The van der Waals surface area contributed by atoms with Crippen LogP contribution in [0, 0.1) is 6.92 Å². The largest absolute Gasteiger partial charge is 0.417 e. The minimum Gasteiger partial charge on any atom is -0.417 e. The van der Waals surface area contributed by atoms with Crippen molar-refractivity contribution in [1.82, 2.24) is 30.0 Å². The number of hydrogen-bond donors (Lipinski definition) is 0. The van der Waals surface area contributed by atoms with Crippen LogP contribution in [0.1, 0.15) is 47.2 Å². The van der Waals surface area contributed by atoms with Crippen molar-refractivity contribution in [2.45, 2.75) is 32.2 Å². The third kappa shape index (κ3) is 3.20. The van der Waals surface area contributed by atoms with Gasteiger partial charge in [-0.1, -0.05) is 24.3 Å². The van der Waals surface area contributed by atoms with Gasteiger partial charge in [-0.05, 0) is 37.6 Å². The first kappa shape index (κ1) is 18.4. The molecule has 0 spiro atoms. The summed E-state index contributed by atoms with van der Waals surface area (Å²) in [6.45, 7) is 2.44. The van der Waals surface area contributed by atoms with Crippen molar-refractivity contribution >= 4 is 16.7 Å². The molecule has 1 amide bonds. The lowest BCUT2D eigenvalue weighted by molar-refractivity contribution is 0.0570. The molecule has 0 unspecified atom stereocenters. The fraction of sp³-hybridized carbons (Fsp3) is 0.273. The highest BCUT2D eigenvalue weighted by molar-refractivity contribution is 5.95. The van der Waals surface area contributed by atoms with Crippen LogP contribution < -0.4 is 0 Å². The molecule has 5 rings (SSSR count). The molecular weight excluding hydrogens is 380 g/mol. The zero-order valence-electron chi connectivity index (χ0n) is 16.5. The van der Waals surface area contributed by atoms with Gasteiger partial charge in [0.25, 0.3) is 11.8 Å². The molecule has 0 radical (unpaired) electrons. The molecule has 8 nitrogen and oxygen atoms in total. The molecule has 1 atom stereocenters. The Bertz CT molecular complexity index is 1220. The standard InChI is InChI=1S/C22H20N6O2/c1-14-17(12-23-13-25-14)22(29)28-11-5-4-8-18(28)20-26-27-21(30-20)19-16-7-3-2-6-15(16)9-10-24-19/h2-3,6-7,9-10,12-13,18H,4-5,8,11H2,1H3/t18-/m1/s1. The van der Waals surface area contributed by atoms with Crippen molar-refractivity contribution in [2.24, 2.45) is 0 Å². The molecule has 0 N–H and O–H groups in total. The number of aryl methyl sites for hydroxylation is 1. The third-order valence-electron chi connectivity index (χ3n) is 5.51. The highest BCUT2D eigenvalue weighted by atomic mass is 16.4. The summed E-state index contributed by atoms with van der Waals surface area (Å²) in [5.41, 5.74) is 1.80. The molecule has 150 valence electrons. The van der Waals surface area contributed by atoms with Gasteiger partial charge in [-0.2, -0.15) is 0 Å². The number of benzene rings is 1. The molecule has 1 aromatic carbocycles. The summed E-state index contributed by atoms with van der Waals surface area (Å²) < 4.78 is 6.05. The van der Waals surface area contributed by atoms with Gasteiger partial charge in [0.2, 0.25) is 5.89 Å². The van der Waals surface area contributed by atoms with Gasteiger partial charge in [0.15, 0.2) is 0 Å². The second-order valence-electron chi connectivity index (χ2n) is 7.36. The molecule has 1 aliphatic rings. The van der Waals surface area contributed by atoms with Gasteiger partial charge in [-0.25, -0.2) is 9.97 Å². The number of carbonyl (C=O) groups excluding carboxylic acids is 1. The summed E-state index contributed by atoms with van der Waals surface area (Å²) in [5, 5.41) is 10.5. The van der Waals surface area contributed by atoms with Gasteiger partial charge in [-0.15, -0.1) is 10.2 Å². The second kappa shape index (κ2) is 7.62. The van der Waals surface area contributed by atoms with Crippen molar-refractivity contribution in [3.63, 3.8) is 0 Å². The van der Waals surface area contributed by atoms with E-state index in [0.717, 1.165) is 30.0 Å². The van der Waals surface area contributed by atoms with Crippen LogP contribution in [-0.2, 0) is 0 Å². The average molecular weight is 400 g/mol. The number of carbonyl (C=O) groups is 1. The predicted octanol–water partition coefficient (Wildman–Crippen LogP) is 3.75. The molecule has 1 fully saturated rings. The first-order chi connectivity index (χ1) is 14.7. The van der Waals surface area contributed by atoms with E-state index in [9.17, 15) is 4.79 Å². The Morgan fingerprint density at radius 3 is 2.93 bits per heavy atom. The van der Waals surface area contributed by atoms with Crippen LogP contribution in [0.5, 0.6) is 0 Å². The molecule has 0 aliphatic carbocycles. The highest BCUT2D eigenvalue weighted by Crippen LogP contribution is 2.34. The Morgan fingerprint density at radius 2 is 2.03 bits per heavy atom. The second-order valence-corrected chi connectivity index (χ2v) is 7.36. The number of aromatic nitrogens is 5. The van der Waals surface area contributed by atoms with Crippen LogP contribution in [0.4, 0.5) is 0 Å². The maximum Gasteiger partial charge on any atom is 0.267 e. The van der Waals surface area contributed by atoms with Gasteiger partial charge >= 0.3 is 0 Å². The number of nitrogens with zero attached hydrogens (tertiary/aromatic N) is 6. The zero-order valence-corrected chi connectivity index (χ0v) is 16.5. The van der Waals surface area contributed by atoms with Crippen molar-refractivity contribution in [1.29, 1.82) is 0 Å². The first-order valence-corrected chi connectivity index (χ1v) is 9.97. The van der Waals surface area contributed by atoms with Gasteiger partial charge < -0.3 is 9.32 Å². The summed E-state index contributed by atoms with van der Waals surface area (Å²) in [7, 11) is 0. The van der Waals surface area contributed by atoms with Crippen molar-refractivity contribution in [2.75, 3.05) is 6.54 Å². The van der Waals surface area contributed by atoms with Crippen LogP contribution in [0.3, 0.4) is 0 Å². The Balaban J connectivity index is 1.50. The molecule has 3 aromatic heterocycles. The summed E-state index contributed by atoms with van der Waals surface area (Å²) in [6, 6.07) is 9.60. The maximum absolute atomic E-state index is 13.2. The lowest BCUT2D eigenvalue weighted by atomic mass is 10.0. The minimum absolute atomic E-state index is 0.110. The molecule has 30 heavy (non-hydrogen) atoms. The van der Waals surface area contributed by atoms with Gasteiger partial charge in [0.05, 0.1) is 11.3 Å². The SMILES string of the molecule is Cc1ncncc1C(=O)N1CCCC[C@@H]1c1nnc(-c2nccc3ccccc23)o1. The zero-order chi connectivity index (χ0) is 20.5. The molecular formula is C22H20N6O2. The number of likely N-dealkylation sites (tertiary alicyclic amines) is 1. The van der Waals surface area contributed by atoms with E-state index in [0.29, 0.717) is 35.3 Å². The van der Waals surface area contributed by atoms with Crippen molar-refractivity contribution in [3.8, 4) is 11.6 Å². The fourth-order valence-electron chi connectivity index (χ4n) is 3.94. The minimum atomic E-state index is -0.276. The number of amides is 1. The lowest BCUT2D eigenvalue weighted by Crippen LogP contribution is -2.39. The topological polar surface area (TPSA) is 97.9 Å². The monoisotopic (exact) mass is 400 g/mol. The number of piperidine rings is 1. The predicted molar refractivity (Wildman–Crippen MR) is 109 cm³/mol. The third-order valence-corrected chi connectivity index (χ3v) is 5.51. The van der Waals surface area contributed by atoms with E-state index in [4.69, 9.17) is 4.42 Å². The average Bonchev–Trinajstić information content (AvgIpc) is 3.28. The molecule has 0 bridgehead atoms. The summed E-state index contributed by atoms with van der Waals surface area (Å²) in [4.78, 5) is 27.6. The van der Waals surface area contributed by atoms with Crippen LogP contribution >= 0.6 is 0 Å². The summed E-state index contributed by atoms with van der Waals surface area (Å²) in [5.74, 6) is 0.683. The number of fused-ring (bicyclic) bond motifs is 1. The summed E-state index contributed by atoms with van der Waals surface area (Å²) >= 11 is 0. The Hall–Kier alpha value is -3.68. The Morgan fingerprint density at radius 1 is 1.13 bits per heavy atom.